The van der Waals surface area contributed by atoms with Crippen molar-refractivity contribution in [1.29, 1.82) is 0 Å². The first-order valence-corrected chi connectivity index (χ1v) is 14.8. The van der Waals surface area contributed by atoms with E-state index in [1.807, 2.05) is 24.4 Å². The number of carbonyl (C=O) groups is 1. The molecule has 3 aromatic heterocycles. The Morgan fingerprint density at radius 3 is 2.67 bits per heavy atom. The molecule has 1 amide bonds. The fourth-order valence-corrected chi connectivity index (χ4v) is 6.99. The van der Waals surface area contributed by atoms with Gasteiger partial charge in [-0.1, -0.05) is 69.3 Å². The maximum Gasteiger partial charge on any atom is 0.255 e. The summed E-state index contributed by atoms with van der Waals surface area (Å²) in [6.45, 7) is 8.10. The lowest BCUT2D eigenvalue weighted by Crippen LogP contribution is -2.28. The molecule has 0 aliphatic heterocycles. The first-order valence-electron chi connectivity index (χ1n) is 14.0. The zero-order chi connectivity index (χ0) is 27.7. The third-order valence-corrected chi connectivity index (χ3v) is 9.20. The molecule has 2 aromatic carbocycles. The van der Waals surface area contributed by atoms with Crippen LogP contribution in [0.15, 0.2) is 88.6 Å². The van der Waals surface area contributed by atoms with Gasteiger partial charge in [-0.2, -0.15) is 0 Å². The Balaban J connectivity index is 1.35. The van der Waals surface area contributed by atoms with Gasteiger partial charge in [0.15, 0.2) is 0 Å². The number of hydrogen-bond donors (Lipinski definition) is 1. The van der Waals surface area contributed by atoms with E-state index in [9.17, 15) is 4.79 Å². The molecule has 0 bridgehead atoms. The van der Waals surface area contributed by atoms with Crippen molar-refractivity contribution >= 4 is 39.4 Å². The SMILES string of the molecule is CC(C)(C)[C@@H]1CCc2c(sc(N=Cc3cn(Cc4ccccc4)c4ccccc34)c2C(=O)NCc2ccco2)C1. The van der Waals surface area contributed by atoms with E-state index in [4.69, 9.17) is 9.41 Å². The highest BCUT2D eigenvalue weighted by Crippen LogP contribution is 2.45. The molecule has 0 saturated carbocycles. The molecule has 6 rings (SSSR count). The van der Waals surface area contributed by atoms with Crippen molar-refractivity contribution in [3.63, 3.8) is 0 Å². The summed E-state index contributed by atoms with van der Waals surface area (Å²) in [5.41, 5.74) is 5.59. The number of aromatic nitrogens is 1. The number of para-hydroxylation sites is 1. The largest absolute Gasteiger partial charge is 0.467 e. The van der Waals surface area contributed by atoms with Gasteiger partial charge < -0.3 is 14.3 Å². The molecule has 1 aliphatic rings. The molecule has 0 saturated heterocycles. The minimum atomic E-state index is -0.0817. The third-order valence-electron chi connectivity index (χ3n) is 8.04. The van der Waals surface area contributed by atoms with Crippen LogP contribution in [0.2, 0.25) is 0 Å². The standard InChI is InChI=1S/C34H35N3O2S/c1-34(2,3)25-15-16-28-30(18-25)40-33(31(28)32(38)35-20-26-12-9-17-39-26)36-19-24-22-37(21-23-10-5-4-6-11-23)29-14-8-7-13-27(24)29/h4-14,17,19,22,25H,15-16,18,20-21H2,1-3H3,(H,35,38)/t25-/m1/s1. The number of nitrogens with one attached hydrogen (secondary N) is 1. The van der Waals surface area contributed by atoms with E-state index in [1.54, 1.807) is 17.6 Å². The minimum Gasteiger partial charge on any atom is -0.467 e. The summed E-state index contributed by atoms with van der Waals surface area (Å²) in [7, 11) is 0. The van der Waals surface area contributed by atoms with Crippen LogP contribution in [-0.4, -0.2) is 16.7 Å². The van der Waals surface area contributed by atoms with E-state index in [0.29, 0.717) is 12.5 Å². The van der Waals surface area contributed by atoms with E-state index in [1.165, 1.54) is 21.5 Å². The van der Waals surface area contributed by atoms with Crippen LogP contribution in [0.25, 0.3) is 10.9 Å². The number of amides is 1. The fraction of sp³-hybridized carbons (Fsp3) is 0.294. The number of benzene rings is 2. The van der Waals surface area contributed by atoms with Crippen LogP contribution in [0.5, 0.6) is 0 Å². The first-order chi connectivity index (χ1) is 19.4. The summed E-state index contributed by atoms with van der Waals surface area (Å²) >= 11 is 1.68. The number of hydrogen-bond acceptors (Lipinski definition) is 4. The van der Waals surface area contributed by atoms with Crippen LogP contribution in [0.4, 0.5) is 5.00 Å². The van der Waals surface area contributed by atoms with Crippen molar-refractivity contribution < 1.29 is 9.21 Å². The van der Waals surface area contributed by atoms with Gasteiger partial charge in [-0.05, 0) is 59.9 Å². The molecule has 5 aromatic rings. The second kappa shape index (κ2) is 10.9. The molecule has 0 fully saturated rings. The van der Waals surface area contributed by atoms with E-state index in [-0.39, 0.29) is 11.3 Å². The molecule has 5 nitrogen and oxygen atoms in total. The summed E-state index contributed by atoms with van der Waals surface area (Å²) in [6, 6.07) is 22.6. The lowest BCUT2D eigenvalue weighted by molar-refractivity contribution is 0.0947. The molecule has 0 unspecified atom stereocenters. The summed E-state index contributed by atoms with van der Waals surface area (Å²) in [5.74, 6) is 1.24. The molecular weight excluding hydrogens is 514 g/mol. The second-order valence-electron chi connectivity index (χ2n) is 11.7. The fourth-order valence-electron chi connectivity index (χ4n) is 5.72. The Hall–Kier alpha value is -3.90. The van der Waals surface area contributed by atoms with Crippen molar-refractivity contribution in [1.82, 2.24) is 9.88 Å². The van der Waals surface area contributed by atoms with Crippen LogP contribution >= 0.6 is 11.3 Å². The summed E-state index contributed by atoms with van der Waals surface area (Å²) in [4.78, 5) is 19.9. The highest BCUT2D eigenvalue weighted by atomic mass is 32.1. The van der Waals surface area contributed by atoms with Gasteiger partial charge in [-0.3, -0.25) is 4.79 Å². The first kappa shape index (κ1) is 26.3. The summed E-state index contributed by atoms with van der Waals surface area (Å²) < 4.78 is 7.72. The number of carbonyl (C=O) groups excluding carboxylic acids is 1. The number of fused-ring (bicyclic) bond motifs is 2. The van der Waals surface area contributed by atoms with Crippen LogP contribution < -0.4 is 5.32 Å². The van der Waals surface area contributed by atoms with E-state index >= 15 is 0 Å². The van der Waals surface area contributed by atoms with Crippen molar-refractivity contribution in [2.45, 2.75) is 53.1 Å². The van der Waals surface area contributed by atoms with Gasteiger partial charge in [0.25, 0.3) is 5.91 Å². The Morgan fingerprint density at radius 2 is 1.90 bits per heavy atom. The van der Waals surface area contributed by atoms with Crippen molar-refractivity contribution in [3.05, 3.63) is 112 Å². The van der Waals surface area contributed by atoms with Gasteiger partial charge in [0.1, 0.15) is 10.8 Å². The highest BCUT2D eigenvalue weighted by Gasteiger charge is 2.33. The summed E-state index contributed by atoms with van der Waals surface area (Å²) in [5, 5.41) is 5.02. The third kappa shape index (κ3) is 5.41. The van der Waals surface area contributed by atoms with Crippen molar-refractivity contribution in [2.75, 3.05) is 0 Å². The van der Waals surface area contributed by atoms with Gasteiger partial charge in [0.2, 0.25) is 0 Å². The lowest BCUT2D eigenvalue weighted by atomic mass is 9.72. The molecular formula is C34H35N3O2S. The Kier molecular flexibility index (Phi) is 7.20. The number of furan rings is 1. The van der Waals surface area contributed by atoms with Gasteiger partial charge >= 0.3 is 0 Å². The minimum absolute atomic E-state index is 0.0817. The maximum atomic E-state index is 13.6. The van der Waals surface area contributed by atoms with Gasteiger partial charge in [-0.15, -0.1) is 11.3 Å². The van der Waals surface area contributed by atoms with Crippen molar-refractivity contribution in [2.24, 2.45) is 16.3 Å². The number of rotatable bonds is 7. The van der Waals surface area contributed by atoms with Gasteiger partial charge in [0, 0.05) is 40.3 Å². The van der Waals surface area contributed by atoms with E-state index < -0.39 is 0 Å². The average molecular weight is 550 g/mol. The smallest absolute Gasteiger partial charge is 0.255 e. The van der Waals surface area contributed by atoms with Gasteiger partial charge in [-0.25, -0.2) is 4.99 Å². The zero-order valence-electron chi connectivity index (χ0n) is 23.3. The Morgan fingerprint density at radius 1 is 1.10 bits per heavy atom. The molecule has 1 atom stereocenters. The van der Waals surface area contributed by atoms with Crippen LogP contribution in [-0.2, 0) is 25.9 Å². The molecule has 0 spiro atoms. The molecule has 6 heteroatoms. The monoisotopic (exact) mass is 549 g/mol. The predicted octanol–water partition coefficient (Wildman–Crippen LogP) is 8.18. The van der Waals surface area contributed by atoms with Crippen LogP contribution in [0, 0.1) is 11.3 Å². The van der Waals surface area contributed by atoms with Crippen LogP contribution in [0.3, 0.4) is 0 Å². The molecule has 3 heterocycles. The van der Waals surface area contributed by atoms with Crippen molar-refractivity contribution in [3.8, 4) is 0 Å². The lowest BCUT2D eigenvalue weighted by Gasteiger charge is -2.33. The number of nitrogens with zero attached hydrogens (tertiary/aromatic N) is 2. The van der Waals surface area contributed by atoms with E-state index in [2.05, 4.69) is 85.4 Å². The second-order valence-corrected chi connectivity index (χ2v) is 12.8. The highest BCUT2D eigenvalue weighted by molar-refractivity contribution is 7.16. The van der Waals surface area contributed by atoms with Gasteiger partial charge in [0.05, 0.1) is 18.4 Å². The Labute approximate surface area is 239 Å². The molecule has 204 valence electrons. The maximum absolute atomic E-state index is 13.6. The molecule has 1 aliphatic carbocycles. The zero-order valence-corrected chi connectivity index (χ0v) is 24.1. The number of aliphatic imine (C=N–C) groups is 1. The quantitative estimate of drug-likeness (QED) is 0.208. The molecule has 0 radical (unpaired) electrons. The number of thiophene rings is 1. The normalized spacial score (nSPS) is 15.5. The van der Waals surface area contributed by atoms with Crippen LogP contribution in [0.1, 0.15) is 64.9 Å². The predicted molar refractivity (Wildman–Crippen MR) is 164 cm³/mol. The summed E-state index contributed by atoms with van der Waals surface area (Å²) in [6.07, 6.45) is 8.72. The van der Waals surface area contributed by atoms with E-state index in [0.717, 1.165) is 53.1 Å². The topological polar surface area (TPSA) is 59.5 Å². The average Bonchev–Trinajstić information content (AvgIpc) is 3.68. The molecule has 1 N–H and O–H groups in total. The molecule has 40 heavy (non-hydrogen) atoms. The Bertz CT molecular complexity index is 1650.